The van der Waals surface area contributed by atoms with Crippen molar-refractivity contribution in [3.63, 3.8) is 0 Å². The van der Waals surface area contributed by atoms with Gasteiger partial charge in [-0.15, -0.1) is 11.3 Å². The number of ether oxygens (including phenoxy) is 1. The molecule has 0 spiro atoms. The first-order valence-electron chi connectivity index (χ1n) is 5.94. The van der Waals surface area contributed by atoms with Gasteiger partial charge in [0.2, 0.25) is 0 Å². The summed E-state index contributed by atoms with van der Waals surface area (Å²) in [6, 6.07) is 5.90. The molecule has 2 aromatic rings. The minimum absolute atomic E-state index is 0.108. The largest absolute Gasteiger partial charge is 0.378 e. The highest BCUT2D eigenvalue weighted by molar-refractivity contribution is 7.12. The number of carbonyl (C=O) groups excluding carboxylic acids is 1. The zero-order valence-electron chi connectivity index (χ0n) is 9.91. The van der Waals surface area contributed by atoms with Crippen molar-refractivity contribution in [1.29, 1.82) is 0 Å². The summed E-state index contributed by atoms with van der Waals surface area (Å²) in [5.41, 5.74) is 0.960. The average Bonchev–Trinajstić information content (AvgIpc) is 3.09. The maximum atomic E-state index is 12.4. The van der Waals surface area contributed by atoms with Crippen molar-refractivity contribution in [2.45, 2.75) is 0 Å². The number of nitrogens with zero attached hydrogens (tertiary/aromatic N) is 2. The minimum Gasteiger partial charge on any atom is -0.378 e. The van der Waals surface area contributed by atoms with Crippen molar-refractivity contribution >= 4 is 17.2 Å². The van der Waals surface area contributed by atoms with Crippen LogP contribution in [0.1, 0.15) is 9.67 Å². The summed E-state index contributed by atoms with van der Waals surface area (Å²) >= 11 is 1.50. The number of hydrogen-bond acceptors (Lipinski definition) is 3. The van der Waals surface area contributed by atoms with Crippen LogP contribution < -0.4 is 0 Å². The van der Waals surface area contributed by atoms with E-state index in [9.17, 15) is 4.79 Å². The number of thiophene rings is 1. The molecule has 4 nitrogen and oxygen atoms in total. The van der Waals surface area contributed by atoms with E-state index in [-0.39, 0.29) is 5.91 Å². The van der Waals surface area contributed by atoms with Gasteiger partial charge in [0.25, 0.3) is 5.91 Å². The average molecular weight is 262 g/mol. The van der Waals surface area contributed by atoms with E-state index in [0.717, 1.165) is 10.6 Å². The number of amides is 1. The van der Waals surface area contributed by atoms with Gasteiger partial charge in [0, 0.05) is 25.5 Å². The van der Waals surface area contributed by atoms with Crippen LogP contribution >= 0.6 is 11.3 Å². The predicted molar refractivity (Wildman–Crippen MR) is 70.4 cm³/mol. The van der Waals surface area contributed by atoms with Crippen molar-refractivity contribution in [3.05, 3.63) is 40.8 Å². The molecule has 0 aromatic carbocycles. The smallest absolute Gasteiger partial charge is 0.266 e. The maximum Gasteiger partial charge on any atom is 0.266 e. The molecule has 1 aliphatic heterocycles. The van der Waals surface area contributed by atoms with Crippen molar-refractivity contribution in [2.75, 3.05) is 26.3 Å². The Bertz CT molecular complexity index is 527. The van der Waals surface area contributed by atoms with Crippen LogP contribution in [-0.4, -0.2) is 41.7 Å². The second-order valence-electron chi connectivity index (χ2n) is 4.13. The summed E-state index contributed by atoms with van der Waals surface area (Å²) < 4.78 is 7.25. The quantitative estimate of drug-likeness (QED) is 0.829. The van der Waals surface area contributed by atoms with E-state index >= 15 is 0 Å². The third-order valence-electron chi connectivity index (χ3n) is 3.02. The fourth-order valence-corrected chi connectivity index (χ4v) is 2.93. The molecule has 5 heteroatoms. The van der Waals surface area contributed by atoms with E-state index in [1.807, 2.05) is 45.4 Å². The summed E-state index contributed by atoms with van der Waals surface area (Å²) in [7, 11) is 0. The van der Waals surface area contributed by atoms with Crippen LogP contribution in [-0.2, 0) is 4.74 Å². The number of hydrogen-bond donors (Lipinski definition) is 0. The van der Waals surface area contributed by atoms with E-state index in [1.54, 1.807) is 0 Å². The van der Waals surface area contributed by atoms with E-state index in [0.29, 0.717) is 26.3 Å². The Labute approximate surface area is 109 Å². The maximum absolute atomic E-state index is 12.4. The number of rotatable bonds is 2. The molecule has 1 aliphatic rings. The molecule has 1 saturated heterocycles. The number of morpholine rings is 1. The highest BCUT2D eigenvalue weighted by Crippen LogP contribution is 2.23. The second kappa shape index (κ2) is 4.96. The Morgan fingerprint density at radius 1 is 1.22 bits per heavy atom. The van der Waals surface area contributed by atoms with Crippen LogP contribution in [0.3, 0.4) is 0 Å². The van der Waals surface area contributed by atoms with Gasteiger partial charge in [-0.05, 0) is 23.6 Å². The van der Waals surface area contributed by atoms with Gasteiger partial charge < -0.3 is 14.2 Å². The molecule has 3 rings (SSSR count). The molecule has 0 atom stereocenters. The fraction of sp³-hybridized carbons (Fsp3) is 0.308. The summed E-state index contributed by atoms with van der Waals surface area (Å²) in [6.07, 6.45) is 3.91. The molecule has 1 amide bonds. The third kappa shape index (κ3) is 2.07. The molecular weight excluding hydrogens is 248 g/mol. The SMILES string of the molecule is O=C(c1sccc1-n1cccc1)N1CCOCC1. The van der Waals surface area contributed by atoms with E-state index < -0.39 is 0 Å². The molecule has 0 unspecified atom stereocenters. The van der Waals surface area contributed by atoms with Gasteiger partial charge in [-0.2, -0.15) is 0 Å². The van der Waals surface area contributed by atoms with Gasteiger partial charge in [0.05, 0.1) is 18.9 Å². The zero-order chi connectivity index (χ0) is 12.4. The standard InChI is InChI=1S/C13H14N2O2S/c16-13(15-6-8-17-9-7-15)12-11(3-10-18-12)14-4-1-2-5-14/h1-5,10H,6-9H2. The third-order valence-corrected chi connectivity index (χ3v) is 3.91. The van der Waals surface area contributed by atoms with Gasteiger partial charge in [-0.3, -0.25) is 4.79 Å². The van der Waals surface area contributed by atoms with Crippen molar-refractivity contribution < 1.29 is 9.53 Å². The van der Waals surface area contributed by atoms with Crippen LogP contribution in [0, 0.1) is 0 Å². The second-order valence-corrected chi connectivity index (χ2v) is 5.05. The van der Waals surface area contributed by atoms with Crippen LogP contribution in [0.15, 0.2) is 36.0 Å². The van der Waals surface area contributed by atoms with Crippen LogP contribution in [0.25, 0.3) is 5.69 Å². The predicted octanol–water partition coefficient (Wildman–Crippen LogP) is 2.01. The molecule has 2 aromatic heterocycles. The lowest BCUT2D eigenvalue weighted by molar-refractivity contribution is 0.0306. The van der Waals surface area contributed by atoms with Crippen LogP contribution in [0.4, 0.5) is 0 Å². The molecule has 0 bridgehead atoms. The first kappa shape index (κ1) is 11.5. The molecule has 3 heterocycles. The van der Waals surface area contributed by atoms with Crippen molar-refractivity contribution in [1.82, 2.24) is 9.47 Å². The van der Waals surface area contributed by atoms with Crippen molar-refractivity contribution in [3.8, 4) is 5.69 Å². The Balaban J connectivity index is 1.88. The fourth-order valence-electron chi connectivity index (χ4n) is 2.07. The normalized spacial score (nSPS) is 15.9. The Hall–Kier alpha value is -1.59. The van der Waals surface area contributed by atoms with Gasteiger partial charge in [0.1, 0.15) is 4.88 Å². The summed E-state index contributed by atoms with van der Waals surface area (Å²) in [5, 5.41) is 1.96. The first-order chi connectivity index (χ1) is 8.86. The summed E-state index contributed by atoms with van der Waals surface area (Å²) in [5.74, 6) is 0.108. The van der Waals surface area contributed by atoms with Crippen LogP contribution in [0.5, 0.6) is 0 Å². The summed E-state index contributed by atoms with van der Waals surface area (Å²) in [6.45, 7) is 2.63. The van der Waals surface area contributed by atoms with Crippen LogP contribution in [0.2, 0.25) is 0 Å². The first-order valence-corrected chi connectivity index (χ1v) is 6.82. The minimum atomic E-state index is 0.108. The highest BCUT2D eigenvalue weighted by Gasteiger charge is 2.22. The number of aromatic nitrogens is 1. The molecule has 0 saturated carbocycles. The van der Waals surface area contributed by atoms with Gasteiger partial charge in [-0.25, -0.2) is 0 Å². The molecule has 94 valence electrons. The molecule has 18 heavy (non-hydrogen) atoms. The monoisotopic (exact) mass is 262 g/mol. The molecule has 0 N–H and O–H groups in total. The topological polar surface area (TPSA) is 34.5 Å². The Morgan fingerprint density at radius 2 is 1.94 bits per heavy atom. The van der Waals surface area contributed by atoms with Gasteiger partial charge in [-0.1, -0.05) is 0 Å². The van der Waals surface area contributed by atoms with Gasteiger partial charge in [0.15, 0.2) is 0 Å². The molecule has 0 aliphatic carbocycles. The molecule has 1 fully saturated rings. The highest BCUT2D eigenvalue weighted by atomic mass is 32.1. The number of carbonyl (C=O) groups is 1. The summed E-state index contributed by atoms with van der Waals surface area (Å²) in [4.78, 5) is 15.1. The van der Waals surface area contributed by atoms with E-state index in [1.165, 1.54) is 11.3 Å². The van der Waals surface area contributed by atoms with Gasteiger partial charge >= 0.3 is 0 Å². The molecular formula is C13H14N2O2S. The Morgan fingerprint density at radius 3 is 2.67 bits per heavy atom. The molecule has 0 radical (unpaired) electrons. The lowest BCUT2D eigenvalue weighted by Crippen LogP contribution is -2.40. The Kier molecular flexibility index (Phi) is 3.17. The van der Waals surface area contributed by atoms with E-state index in [4.69, 9.17) is 4.74 Å². The van der Waals surface area contributed by atoms with E-state index in [2.05, 4.69) is 0 Å². The lowest BCUT2D eigenvalue weighted by atomic mass is 10.3. The van der Waals surface area contributed by atoms with Crippen molar-refractivity contribution in [2.24, 2.45) is 0 Å². The lowest BCUT2D eigenvalue weighted by Gasteiger charge is -2.26. The zero-order valence-corrected chi connectivity index (χ0v) is 10.7.